The van der Waals surface area contributed by atoms with Gasteiger partial charge in [-0.25, -0.2) is 0 Å². The van der Waals surface area contributed by atoms with E-state index in [1.54, 1.807) is 0 Å². The smallest absolute Gasteiger partial charge is 0.264 e. The molecule has 1 fully saturated rings. The van der Waals surface area contributed by atoms with E-state index in [1.165, 1.54) is 11.1 Å². The van der Waals surface area contributed by atoms with Gasteiger partial charge in [0.15, 0.2) is 0 Å². The second-order valence-corrected chi connectivity index (χ2v) is 6.92. The first-order valence-corrected chi connectivity index (χ1v) is 9.38. The normalized spacial score (nSPS) is 15.7. The van der Waals surface area contributed by atoms with E-state index in [2.05, 4.69) is 38.6 Å². The Morgan fingerprint density at radius 1 is 1.00 bits per heavy atom. The van der Waals surface area contributed by atoms with Crippen LogP contribution in [-0.2, 0) is 13.1 Å². The van der Waals surface area contributed by atoms with Crippen molar-refractivity contribution in [3.8, 4) is 11.5 Å². The summed E-state index contributed by atoms with van der Waals surface area (Å²) in [6.07, 6.45) is 1.56. The number of hydrogen-bond donors (Lipinski definition) is 2. The van der Waals surface area contributed by atoms with Gasteiger partial charge in [-0.3, -0.25) is 4.90 Å². The van der Waals surface area contributed by atoms with Crippen molar-refractivity contribution in [1.29, 1.82) is 0 Å². The van der Waals surface area contributed by atoms with E-state index in [1.807, 2.05) is 36.4 Å². The minimum absolute atomic E-state index is 0.143. The van der Waals surface area contributed by atoms with E-state index in [-0.39, 0.29) is 6.10 Å². The summed E-state index contributed by atoms with van der Waals surface area (Å²) in [5, 5.41) is 17.0. The van der Waals surface area contributed by atoms with Gasteiger partial charge in [-0.1, -0.05) is 42.5 Å². The van der Waals surface area contributed by atoms with Crippen molar-refractivity contribution in [1.82, 2.24) is 15.0 Å². The lowest BCUT2D eigenvalue weighted by Crippen LogP contribution is -2.35. The molecule has 0 radical (unpaired) electrons. The van der Waals surface area contributed by atoms with Gasteiger partial charge in [0.1, 0.15) is 0 Å². The highest BCUT2D eigenvalue weighted by Crippen LogP contribution is 2.20. The number of hydrogen-bond acceptors (Lipinski definition) is 6. The molecule has 140 valence electrons. The largest absolute Gasteiger partial charge is 0.393 e. The Kier molecular flexibility index (Phi) is 5.46. The monoisotopic (exact) mass is 364 g/mol. The predicted molar refractivity (Wildman–Crippen MR) is 104 cm³/mol. The molecule has 2 heterocycles. The first kappa shape index (κ1) is 17.7. The summed E-state index contributed by atoms with van der Waals surface area (Å²) in [6.45, 7) is 3.41. The maximum atomic E-state index is 9.68. The molecule has 0 amide bonds. The average molecular weight is 364 g/mol. The van der Waals surface area contributed by atoms with Crippen LogP contribution in [0, 0.1) is 0 Å². The second-order valence-electron chi connectivity index (χ2n) is 6.92. The fourth-order valence-corrected chi connectivity index (χ4v) is 3.37. The van der Waals surface area contributed by atoms with Crippen LogP contribution in [0.15, 0.2) is 59.1 Å². The third-order valence-electron chi connectivity index (χ3n) is 4.95. The zero-order valence-electron chi connectivity index (χ0n) is 15.2. The molecular weight excluding hydrogens is 340 g/mol. The van der Waals surface area contributed by atoms with E-state index in [9.17, 15) is 5.11 Å². The standard InChI is InChI=1S/C21H24N4O2/c26-19-10-12-25(13-11-19)15-18-9-5-4-8-17(18)14-22-21-23-20(27-24-21)16-6-2-1-3-7-16/h1-9,19,26H,10-15H2,(H,22,24). The summed E-state index contributed by atoms with van der Waals surface area (Å²) in [7, 11) is 0. The molecule has 3 aromatic rings. The van der Waals surface area contributed by atoms with Crippen LogP contribution in [0.1, 0.15) is 24.0 Å². The number of anilines is 1. The molecule has 0 unspecified atom stereocenters. The summed E-state index contributed by atoms with van der Waals surface area (Å²) in [4.78, 5) is 6.82. The first-order valence-electron chi connectivity index (χ1n) is 9.38. The summed E-state index contributed by atoms with van der Waals surface area (Å²) in [6, 6.07) is 18.1. The molecule has 0 saturated carbocycles. The summed E-state index contributed by atoms with van der Waals surface area (Å²) in [5.74, 6) is 1.00. The van der Waals surface area contributed by atoms with Crippen LogP contribution in [0.25, 0.3) is 11.5 Å². The molecule has 0 spiro atoms. The van der Waals surface area contributed by atoms with Crippen molar-refractivity contribution in [3.63, 3.8) is 0 Å². The van der Waals surface area contributed by atoms with E-state index < -0.39 is 0 Å². The number of aliphatic hydroxyl groups excluding tert-OH is 1. The average Bonchev–Trinajstić information content (AvgIpc) is 3.19. The Labute approximate surface area is 158 Å². The van der Waals surface area contributed by atoms with Gasteiger partial charge in [0.05, 0.1) is 6.10 Å². The van der Waals surface area contributed by atoms with Crippen LogP contribution in [0.4, 0.5) is 5.95 Å². The van der Waals surface area contributed by atoms with Crippen molar-refractivity contribution in [2.24, 2.45) is 0 Å². The number of aliphatic hydroxyl groups is 1. The van der Waals surface area contributed by atoms with Crippen molar-refractivity contribution in [3.05, 3.63) is 65.7 Å². The minimum Gasteiger partial charge on any atom is -0.393 e. The fourth-order valence-electron chi connectivity index (χ4n) is 3.37. The molecule has 1 aromatic heterocycles. The zero-order valence-corrected chi connectivity index (χ0v) is 15.2. The third-order valence-corrected chi connectivity index (χ3v) is 4.95. The lowest BCUT2D eigenvalue weighted by Gasteiger charge is -2.30. The van der Waals surface area contributed by atoms with Gasteiger partial charge in [0.2, 0.25) is 0 Å². The summed E-state index contributed by atoms with van der Waals surface area (Å²) >= 11 is 0. The Morgan fingerprint density at radius 3 is 2.48 bits per heavy atom. The lowest BCUT2D eigenvalue weighted by atomic mass is 10.0. The molecule has 27 heavy (non-hydrogen) atoms. The van der Waals surface area contributed by atoms with E-state index in [4.69, 9.17) is 4.52 Å². The predicted octanol–water partition coefficient (Wildman–Crippen LogP) is 3.31. The van der Waals surface area contributed by atoms with Crippen LogP contribution in [0.3, 0.4) is 0 Å². The van der Waals surface area contributed by atoms with Crippen LogP contribution in [-0.4, -0.2) is 39.3 Å². The highest BCUT2D eigenvalue weighted by atomic mass is 16.5. The zero-order chi connectivity index (χ0) is 18.5. The summed E-state index contributed by atoms with van der Waals surface area (Å²) < 4.78 is 5.35. The molecule has 2 aromatic carbocycles. The van der Waals surface area contributed by atoms with Gasteiger partial charge in [-0.2, -0.15) is 4.98 Å². The quantitative estimate of drug-likeness (QED) is 0.699. The Morgan fingerprint density at radius 2 is 1.70 bits per heavy atom. The van der Waals surface area contributed by atoms with Gasteiger partial charge in [0, 0.05) is 31.7 Å². The van der Waals surface area contributed by atoms with Gasteiger partial charge in [-0.15, -0.1) is 0 Å². The molecule has 0 bridgehead atoms. The van der Waals surface area contributed by atoms with Gasteiger partial charge >= 0.3 is 0 Å². The van der Waals surface area contributed by atoms with Crippen molar-refractivity contribution in [2.75, 3.05) is 18.4 Å². The third kappa shape index (κ3) is 4.53. The molecule has 6 nitrogen and oxygen atoms in total. The molecule has 2 N–H and O–H groups in total. The number of aromatic nitrogens is 2. The minimum atomic E-state index is -0.143. The topological polar surface area (TPSA) is 74.4 Å². The Bertz CT molecular complexity index is 857. The highest BCUT2D eigenvalue weighted by Gasteiger charge is 2.18. The van der Waals surface area contributed by atoms with E-state index in [0.29, 0.717) is 18.4 Å². The van der Waals surface area contributed by atoms with Crippen LogP contribution in [0.5, 0.6) is 0 Å². The van der Waals surface area contributed by atoms with Crippen LogP contribution < -0.4 is 5.32 Å². The maximum absolute atomic E-state index is 9.68. The van der Waals surface area contributed by atoms with Gasteiger partial charge in [0.25, 0.3) is 11.8 Å². The van der Waals surface area contributed by atoms with Crippen molar-refractivity contribution < 1.29 is 9.63 Å². The Balaban J connectivity index is 1.39. The molecule has 0 aliphatic carbocycles. The number of piperidine rings is 1. The molecule has 4 rings (SSSR count). The van der Waals surface area contributed by atoms with Crippen molar-refractivity contribution in [2.45, 2.75) is 32.0 Å². The number of rotatable bonds is 6. The number of nitrogens with zero attached hydrogens (tertiary/aromatic N) is 3. The first-order chi connectivity index (χ1) is 13.3. The molecule has 0 atom stereocenters. The number of likely N-dealkylation sites (tertiary alicyclic amines) is 1. The summed E-state index contributed by atoms with van der Waals surface area (Å²) in [5.41, 5.74) is 3.41. The van der Waals surface area contributed by atoms with Crippen LogP contribution >= 0.6 is 0 Å². The SMILES string of the molecule is OC1CCN(Cc2ccccc2CNc2noc(-c3ccccc3)n2)CC1. The lowest BCUT2D eigenvalue weighted by molar-refractivity contribution is 0.0791. The maximum Gasteiger partial charge on any atom is 0.264 e. The fraction of sp³-hybridized carbons (Fsp3) is 0.333. The van der Waals surface area contributed by atoms with Crippen molar-refractivity contribution >= 4 is 5.95 Å². The van der Waals surface area contributed by atoms with Crippen LogP contribution in [0.2, 0.25) is 0 Å². The highest BCUT2D eigenvalue weighted by molar-refractivity contribution is 5.53. The number of benzene rings is 2. The molecule has 6 heteroatoms. The molecule has 1 aliphatic rings. The number of nitrogens with one attached hydrogen (secondary N) is 1. The molecular formula is C21H24N4O2. The molecule has 1 saturated heterocycles. The van der Waals surface area contributed by atoms with Gasteiger partial charge in [-0.05, 0) is 41.3 Å². The van der Waals surface area contributed by atoms with Gasteiger partial charge < -0.3 is 14.9 Å². The van der Waals surface area contributed by atoms with E-state index >= 15 is 0 Å². The van der Waals surface area contributed by atoms with E-state index in [0.717, 1.165) is 38.0 Å². The Hall–Kier alpha value is -2.70. The molecule has 1 aliphatic heterocycles. The second kappa shape index (κ2) is 8.33.